The summed E-state index contributed by atoms with van der Waals surface area (Å²) in [7, 11) is 1.84. The van der Waals surface area contributed by atoms with Gasteiger partial charge in [-0.25, -0.2) is 0 Å². The molecule has 6 heteroatoms. The van der Waals surface area contributed by atoms with Gasteiger partial charge >= 0.3 is 0 Å². The first-order valence-corrected chi connectivity index (χ1v) is 7.48. The number of carbonyl (C=O) groups is 2. The molecule has 2 amide bonds. The Hall–Kier alpha value is -2.37. The number of nitrogens with zero attached hydrogens (tertiary/aromatic N) is 2. The first-order valence-electron chi connectivity index (χ1n) is 7.48. The van der Waals surface area contributed by atoms with E-state index in [2.05, 4.69) is 17.4 Å². The van der Waals surface area contributed by atoms with Crippen LogP contribution in [0.5, 0.6) is 0 Å². The number of benzene rings is 1. The quantitative estimate of drug-likeness (QED) is 0.830. The maximum atomic E-state index is 11.3. The van der Waals surface area contributed by atoms with E-state index in [1.807, 2.05) is 44.0 Å². The Balaban J connectivity index is 0.00000116. The van der Waals surface area contributed by atoms with Crippen molar-refractivity contribution in [1.29, 1.82) is 0 Å². The molecule has 1 heterocycles. The highest BCUT2D eigenvalue weighted by molar-refractivity contribution is 5.91. The molecule has 0 aliphatic heterocycles. The van der Waals surface area contributed by atoms with Gasteiger partial charge in [-0.1, -0.05) is 38.1 Å². The maximum Gasteiger partial charge on any atom is 0.228 e. The van der Waals surface area contributed by atoms with Gasteiger partial charge in [-0.15, -0.1) is 0 Å². The van der Waals surface area contributed by atoms with E-state index in [4.69, 9.17) is 4.52 Å². The summed E-state index contributed by atoms with van der Waals surface area (Å²) in [6.45, 7) is 6.52. The number of aryl methyl sites for hydroxylation is 1. The van der Waals surface area contributed by atoms with Crippen LogP contribution in [0.15, 0.2) is 22.7 Å². The summed E-state index contributed by atoms with van der Waals surface area (Å²) < 4.78 is 5.40. The summed E-state index contributed by atoms with van der Waals surface area (Å²) in [5.74, 6) is 0.392. The van der Waals surface area contributed by atoms with Crippen LogP contribution in [0.2, 0.25) is 0 Å². The van der Waals surface area contributed by atoms with Crippen molar-refractivity contribution in [2.24, 2.45) is 0 Å². The SMILES string of the molecule is CC.CCc1cccc2c(N(C)CCC(=O)NC=O)noc12. The Labute approximate surface area is 130 Å². The van der Waals surface area contributed by atoms with Crippen LogP contribution in [-0.2, 0) is 16.0 Å². The minimum Gasteiger partial charge on any atom is -0.356 e. The molecule has 1 N–H and O–H groups in total. The van der Waals surface area contributed by atoms with E-state index >= 15 is 0 Å². The molecule has 1 aromatic carbocycles. The topological polar surface area (TPSA) is 75.4 Å². The van der Waals surface area contributed by atoms with Gasteiger partial charge in [0.1, 0.15) is 0 Å². The molecular formula is C16H23N3O3. The van der Waals surface area contributed by atoms with Gasteiger partial charge < -0.3 is 9.42 Å². The van der Waals surface area contributed by atoms with Crippen LogP contribution in [0.4, 0.5) is 5.82 Å². The second-order valence-corrected chi connectivity index (χ2v) is 4.51. The lowest BCUT2D eigenvalue weighted by Gasteiger charge is -2.15. The van der Waals surface area contributed by atoms with E-state index in [9.17, 15) is 9.59 Å². The van der Waals surface area contributed by atoms with Crippen LogP contribution in [0.25, 0.3) is 11.0 Å². The van der Waals surface area contributed by atoms with E-state index in [1.54, 1.807) is 0 Å². The van der Waals surface area contributed by atoms with Crippen LogP contribution < -0.4 is 10.2 Å². The van der Waals surface area contributed by atoms with Crippen molar-refractivity contribution in [3.8, 4) is 0 Å². The van der Waals surface area contributed by atoms with Crippen molar-refractivity contribution >= 4 is 29.1 Å². The lowest BCUT2D eigenvalue weighted by atomic mass is 10.1. The third kappa shape index (κ3) is 4.07. The summed E-state index contributed by atoms with van der Waals surface area (Å²) in [6, 6.07) is 5.92. The van der Waals surface area contributed by atoms with Crippen LogP contribution in [0, 0.1) is 0 Å². The Morgan fingerprint density at radius 2 is 2.14 bits per heavy atom. The number of imide groups is 1. The van der Waals surface area contributed by atoms with Crippen molar-refractivity contribution in [2.75, 3.05) is 18.5 Å². The van der Waals surface area contributed by atoms with E-state index in [0.29, 0.717) is 18.8 Å². The lowest BCUT2D eigenvalue weighted by Crippen LogP contribution is -2.28. The molecule has 0 bridgehead atoms. The lowest BCUT2D eigenvalue weighted by molar-refractivity contribution is -0.125. The number of aromatic nitrogens is 1. The molecule has 0 aliphatic carbocycles. The Kier molecular flexibility index (Phi) is 7.08. The van der Waals surface area contributed by atoms with Gasteiger partial charge in [0.2, 0.25) is 12.3 Å². The van der Waals surface area contributed by atoms with Gasteiger partial charge in [-0.2, -0.15) is 0 Å². The highest BCUT2D eigenvalue weighted by Gasteiger charge is 2.15. The zero-order valence-corrected chi connectivity index (χ0v) is 13.5. The van der Waals surface area contributed by atoms with Crippen LogP contribution >= 0.6 is 0 Å². The molecule has 6 nitrogen and oxygen atoms in total. The molecule has 0 unspecified atom stereocenters. The molecule has 2 rings (SSSR count). The van der Waals surface area contributed by atoms with E-state index in [-0.39, 0.29) is 12.3 Å². The molecule has 0 fully saturated rings. The molecule has 0 saturated heterocycles. The normalized spacial score (nSPS) is 9.82. The number of hydrogen-bond donors (Lipinski definition) is 1. The third-order valence-electron chi connectivity index (χ3n) is 3.20. The Bertz CT molecular complexity index is 622. The molecule has 22 heavy (non-hydrogen) atoms. The fraction of sp³-hybridized carbons (Fsp3) is 0.438. The molecule has 0 radical (unpaired) electrons. The molecule has 0 spiro atoms. The highest BCUT2D eigenvalue weighted by atomic mass is 16.5. The molecule has 1 aromatic heterocycles. The number of carbonyl (C=O) groups excluding carboxylic acids is 2. The second kappa shape index (κ2) is 8.81. The first-order chi connectivity index (χ1) is 10.7. The minimum absolute atomic E-state index is 0.219. The number of rotatable bonds is 6. The number of nitrogens with one attached hydrogen (secondary N) is 1. The molecule has 0 saturated carbocycles. The zero-order valence-electron chi connectivity index (χ0n) is 13.5. The molecule has 2 aromatic rings. The van der Waals surface area contributed by atoms with Gasteiger partial charge in [0.25, 0.3) is 0 Å². The summed E-state index contributed by atoms with van der Waals surface area (Å²) in [6.07, 6.45) is 1.48. The van der Waals surface area contributed by atoms with E-state index in [0.717, 1.165) is 23.0 Å². The monoisotopic (exact) mass is 305 g/mol. The average Bonchev–Trinajstić information content (AvgIpc) is 2.99. The number of fused-ring (bicyclic) bond motifs is 1. The Morgan fingerprint density at radius 3 is 2.77 bits per heavy atom. The maximum absolute atomic E-state index is 11.3. The van der Waals surface area contributed by atoms with Gasteiger partial charge in [0.05, 0.1) is 5.39 Å². The average molecular weight is 305 g/mol. The number of para-hydroxylation sites is 1. The molecule has 0 aliphatic rings. The van der Waals surface area contributed by atoms with Crippen molar-refractivity contribution in [3.05, 3.63) is 23.8 Å². The smallest absolute Gasteiger partial charge is 0.228 e. The standard InChI is InChI=1S/C14H17N3O3.C2H6/c1-3-10-5-4-6-11-13(10)20-16-14(11)17(2)8-7-12(19)15-9-18;1-2/h4-6,9H,3,7-8H2,1-2H3,(H,15,18,19);1-2H3. The second-order valence-electron chi connectivity index (χ2n) is 4.51. The number of amides is 2. The predicted octanol–water partition coefficient (Wildman–Crippen LogP) is 2.52. The number of hydrogen-bond acceptors (Lipinski definition) is 5. The zero-order chi connectivity index (χ0) is 16.5. The van der Waals surface area contributed by atoms with Crippen LogP contribution in [0.1, 0.15) is 32.8 Å². The van der Waals surface area contributed by atoms with Gasteiger partial charge in [-0.05, 0) is 18.1 Å². The Morgan fingerprint density at radius 1 is 1.41 bits per heavy atom. The van der Waals surface area contributed by atoms with Crippen LogP contribution in [0.3, 0.4) is 0 Å². The van der Waals surface area contributed by atoms with Gasteiger partial charge in [-0.3, -0.25) is 14.9 Å². The summed E-state index contributed by atoms with van der Waals surface area (Å²) >= 11 is 0. The summed E-state index contributed by atoms with van der Waals surface area (Å²) in [5.41, 5.74) is 1.89. The summed E-state index contributed by atoms with van der Waals surface area (Å²) in [4.78, 5) is 23.3. The van der Waals surface area contributed by atoms with E-state index in [1.165, 1.54) is 0 Å². The number of anilines is 1. The molecular weight excluding hydrogens is 282 g/mol. The first kappa shape index (κ1) is 17.7. The fourth-order valence-electron chi connectivity index (χ4n) is 2.07. The van der Waals surface area contributed by atoms with Crippen molar-refractivity contribution in [2.45, 2.75) is 33.6 Å². The van der Waals surface area contributed by atoms with Crippen molar-refractivity contribution in [3.63, 3.8) is 0 Å². The van der Waals surface area contributed by atoms with Crippen molar-refractivity contribution < 1.29 is 14.1 Å². The highest BCUT2D eigenvalue weighted by Crippen LogP contribution is 2.28. The third-order valence-corrected chi connectivity index (χ3v) is 3.20. The predicted molar refractivity (Wildman–Crippen MR) is 86.8 cm³/mol. The largest absolute Gasteiger partial charge is 0.356 e. The molecule has 0 atom stereocenters. The minimum atomic E-state index is -0.311. The van der Waals surface area contributed by atoms with Gasteiger partial charge in [0, 0.05) is 20.0 Å². The fourth-order valence-corrected chi connectivity index (χ4v) is 2.07. The van der Waals surface area contributed by atoms with Crippen LogP contribution in [-0.4, -0.2) is 31.1 Å². The molecule has 120 valence electrons. The van der Waals surface area contributed by atoms with E-state index < -0.39 is 0 Å². The summed E-state index contributed by atoms with van der Waals surface area (Å²) in [5, 5.41) is 7.12. The van der Waals surface area contributed by atoms with Crippen molar-refractivity contribution in [1.82, 2.24) is 10.5 Å². The van der Waals surface area contributed by atoms with Gasteiger partial charge in [0.15, 0.2) is 11.4 Å².